The molecule has 13 aromatic rings. The van der Waals surface area contributed by atoms with Crippen molar-refractivity contribution in [1.29, 1.82) is 0 Å². The third kappa shape index (κ3) is 5.08. The summed E-state index contributed by atoms with van der Waals surface area (Å²) in [4.78, 5) is 0. The van der Waals surface area contributed by atoms with E-state index in [1.165, 1.54) is 98.0 Å². The van der Waals surface area contributed by atoms with E-state index in [-0.39, 0.29) is 0 Å². The Balaban J connectivity index is 1.06. The molecule has 0 radical (unpaired) electrons. The summed E-state index contributed by atoms with van der Waals surface area (Å²) in [6, 6.07) is 80.0. The molecule has 0 saturated heterocycles. The molecule has 61 heavy (non-hydrogen) atoms. The lowest BCUT2D eigenvalue weighted by molar-refractivity contribution is 0.670. The fraction of sp³-hybridized carbons (Fsp3) is 0. The summed E-state index contributed by atoms with van der Waals surface area (Å²) in [7, 11) is 0. The predicted octanol–water partition coefficient (Wildman–Crippen LogP) is 17.2. The molecule has 0 spiro atoms. The number of furan rings is 1. The van der Waals surface area contributed by atoms with E-state index in [9.17, 15) is 0 Å². The van der Waals surface area contributed by atoms with Gasteiger partial charge in [0.2, 0.25) is 0 Å². The SMILES string of the molecule is c1ccc(-c2c3ccccc3c(-c3cccc4oc5c(-c6ccc7ccccc7c6)cccc5c34)c3ccccc23)c(-c2ccc3c4ccccc4c4ccccc4c3c2)c1. The topological polar surface area (TPSA) is 13.1 Å². The molecule has 1 aromatic heterocycles. The summed E-state index contributed by atoms with van der Waals surface area (Å²) in [5, 5.41) is 17.3. The molecule has 0 aliphatic rings. The van der Waals surface area contributed by atoms with Crippen molar-refractivity contribution in [2.75, 3.05) is 0 Å². The highest BCUT2D eigenvalue weighted by atomic mass is 16.3. The zero-order chi connectivity index (χ0) is 40.0. The normalized spacial score (nSPS) is 11.9. The van der Waals surface area contributed by atoms with Crippen LogP contribution in [0.4, 0.5) is 0 Å². The Bertz CT molecular complexity index is 3850. The van der Waals surface area contributed by atoms with Crippen molar-refractivity contribution in [3.63, 3.8) is 0 Å². The lowest BCUT2D eigenvalue weighted by atomic mass is 9.83. The third-order valence-corrected chi connectivity index (χ3v) is 13.0. The van der Waals surface area contributed by atoms with Crippen LogP contribution < -0.4 is 0 Å². The van der Waals surface area contributed by atoms with Gasteiger partial charge in [-0.25, -0.2) is 0 Å². The lowest BCUT2D eigenvalue weighted by Gasteiger charge is -2.20. The van der Waals surface area contributed by atoms with Gasteiger partial charge in [0, 0.05) is 16.3 Å². The van der Waals surface area contributed by atoms with E-state index in [0.29, 0.717) is 0 Å². The molecule has 0 aliphatic heterocycles. The van der Waals surface area contributed by atoms with Gasteiger partial charge in [0.25, 0.3) is 0 Å². The van der Waals surface area contributed by atoms with Crippen molar-refractivity contribution in [3.05, 3.63) is 218 Å². The van der Waals surface area contributed by atoms with Crippen LogP contribution in [0.25, 0.3) is 131 Å². The quantitative estimate of drug-likeness (QED) is 0.128. The number of hydrogen-bond donors (Lipinski definition) is 0. The Hall–Kier alpha value is -8.00. The summed E-state index contributed by atoms with van der Waals surface area (Å²) >= 11 is 0. The van der Waals surface area contributed by atoms with Crippen molar-refractivity contribution in [3.8, 4) is 44.5 Å². The highest BCUT2D eigenvalue weighted by Crippen LogP contribution is 2.49. The number of fused-ring (bicyclic) bond motifs is 12. The molecule has 0 N–H and O–H groups in total. The van der Waals surface area contributed by atoms with E-state index >= 15 is 0 Å². The van der Waals surface area contributed by atoms with Crippen LogP contribution in [-0.2, 0) is 0 Å². The molecule has 0 amide bonds. The van der Waals surface area contributed by atoms with E-state index < -0.39 is 0 Å². The monoisotopic (exact) mass is 772 g/mol. The average Bonchev–Trinajstić information content (AvgIpc) is 3.73. The molecule has 13 rings (SSSR count). The number of benzene rings is 12. The first-order valence-corrected chi connectivity index (χ1v) is 21.1. The van der Waals surface area contributed by atoms with E-state index in [2.05, 4.69) is 218 Å². The Morgan fingerprint density at radius 3 is 1.36 bits per heavy atom. The minimum atomic E-state index is 0.889. The van der Waals surface area contributed by atoms with Crippen molar-refractivity contribution in [2.24, 2.45) is 0 Å². The highest BCUT2D eigenvalue weighted by Gasteiger charge is 2.23. The molecule has 12 aromatic carbocycles. The maximum absolute atomic E-state index is 6.88. The van der Waals surface area contributed by atoms with Gasteiger partial charge < -0.3 is 4.42 Å². The van der Waals surface area contributed by atoms with Crippen molar-refractivity contribution < 1.29 is 4.42 Å². The molecule has 1 nitrogen and oxygen atoms in total. The molecule has 1 heteroatoms. The predicted molar refractivity (Wildman–Crippen MR) is 260 cm³/mol. The molecular formula is C60H36O. The molecule has 1 heterocycles. The molecule has 0 saturated carbocycles. The van der Waals surface area contributed by atoms with Crippen LogP contribution in [0.15, 0.2) is 223 Å². The van der Waals surface area contributed by atoms with Crippen LogP contribution in [0.1, 0.15) is 0 Å². The summed E-state index contributed by atoms with van der Waals surface area (Å²) in [6.07, 6.45) is 0. The van der Waals surface area contributed by atoms with E-state index in [0.717, 1.165) is 33.1 Å². The number of rotatable bonds is 4. The van der Waals surface area contributed by atoms with Gasteiger partial charge in [-0.2, -0.15) is 0 Å². The second kappa shape index (κ2) is 13.3. The van der Waals surface area contributed by atoms with Gasteiger partial charge in [-0.1, -0.05) is 200 Å². The number of hydrogen-bond acceptors (Lipinski definition) is 1. The van der Waals surface area contributed by atoms with Crippen LogP contribution in [0.3, 0.4) is 0 Å². The first kappa shape index (κ1) is 33.9. The van der Waals surface area contributed by atoms with E-state index in [4.69, 9.17) is 4.42 Å². The molecule has 0 unspecified atom stereocenters. The first-order valence-electron chi connectivity index (χ1n) is 21.1. The molecule has 0 aliphatic carbocycles. The van der Waals surface area contributed by atoms with Gasteiger partial charge in [-0.3, -0.25) is 0 Å². The van der Waals surface area contributed by atoms with Gasteiger partial charge >= 0.3 is 0 Å². The molecule has 0 atom stereocenters. The summed E-state index contributed by atoms with van der Waals surface area (Å²) in [5.41, 5.74) is 11.3. The average molecular weight is 773 g/mol. The molecular weight excluding hydrogens is 737 g/mol. The Kier molecular flexibility index (Phi) is 7.37. The highest BCUT2D eigenvalue weighted by molar-refractivity contribution is 6.28. The fourth-order valence-electron chi connectivity index (χ4n) is 10.4. The number of para-hydroxylation sites is 1. The standard InChI is InChI=1S/C60H36O/c1-2-16-38-35-39(32-31-37(38)15-1)42-27-13-29-54-59-53(28-14-30-56(59)61-60(42)54)58-51-25-11-9-23-49(51)57(50-24-10-12-26-52(50)58)48-22-8-3-17-41(48)40-33-34-47-45-20-5-4-18-43(45)44-19-6-7-21-46(44)55(47)36-40/h1-36H. The van der Waals surface area contributed by atoms with Gasteiger partial charge in [0.05, 0.1) is 0 Å². The fourth-order valence-corrected chi connectivity index (χ4v) is 10.4. The largest absolute Gasteiger partial charge is 0.455 e. The van der Waals surface area contributed by atoms with Crippen molar-refractivity contribution in [1.82, 2.24) is 0 Å². The summed E-state index contributed by atoms with van der Waals surface area (Å²) in [5.74, 6) is 0. The van der Waals surface area contributed by atoms with Gasteiger partial charge in [-0.05, 0) is 122 Å². The van der Waals surface area contributed by atoms with Crippen molar-refractivity contribution in [2.45, 2.75) is 0 Å². The van der Waals surface area contributed by atoms with Crippen LogP contribution >= 0.6 is 0 Å². The Morgan fingerprint density at radius 1 is 0.246 bits per heavy atom. The Labute approximate surface area is 352 Å². The van der Waals surface area contributed by atoms with Gasteiger partial charge in [0.1, 0.15) is 11.2 Å². The molecule has 282 valence electrons. The second-order valence-corrected chi connectivity index (χ2v) is 16.3. The third-order valence-electron chi connectivity index (χ3n) is 13.0. The first-order chi connectivity index (χ1) is 30.3. The van der Waals surface area contributed by atoms with Crippen molar-refractivity contribution >= 4 is 86.6 Å². The zero-order valence-corrected chi connectivity index (χ0v) is 33.2. The van der Waals surface area contributed by atoms with Gasteiger partial charge in [-0.15, -0.1) is 0 Å². The van der Waals surface area contributed by atoms with Crippen LogP contribution in [-0.4, -0.2) is 0 Å². The lowest BCUT2D eigenvalue weighted by Crippen LogP contribution is -1.93. The van der Waals surface area contributed by atoms with Crippen LogP contribution in [0.2, 0.25) is 0 Å². The van der Waals surface area contributed by atoms with Gasteiger partial charge in [0.15, 0.2) is 0 Å². The minimum absolute atomic E-state index is 0.889. The summed E-state index contributed by atoms with van der Waals surface area (Å²) in [6.45, 7) is 0. The molecule has 0 bridgehead atoms. The second-order valence-electron chi connectivity index (χ2n) is 16.3. The van der Waals surface area contributed by atoms with Crippen LogP contribution in [0.5, 0.6) is 0 Å². The molecule has 0 fully saturated rings. The van der Waals surface area contributed by atoms with Crippen LogP contribution in [0, 0.1) is 0 Å². The Morgan fingerprint density at radius 2 is 0.689 bits per heavy atom. The van der Waals surface area contributed by atoms with E-state index in [1.54, 1.807) is 0 Å². The maximum Gasteiger partial charge on any atom is 0.143 e. The zero-order valence-electron chi connectivity index (χ0n) is 33.2. The van der Waals surface area contributed by atoms with E-state index in [1.807, 2.05) is 0 Å². The summed E-state index contributed by atoms with van der Waals surface area (Å²) < 4.78 is 6.88. The smallest absolute Gasteiger partial charge is 0.143 e. The maximum atomic E-state index is 6.88. The minimum Gasteiger partial charge on any atom is -0.455 e.